The number of allylic oxidation sites excluding steroid dienone is 1. The molecule has 1 saturated heterocycles. The zero-order valence-corrected chi connectivity index (χ0v) is 6.84. The summed E-state index contributed by atoms with van der Waals surface area (Å²) in [6.07, 6.45) is 2.60. The summed E-state index contributed by atoms with van der Waals surface area (Å²) >= 11 is 0. The van der Waals surface area contributed by atoms with Crippen molar-refractivity contribution in [3.05, 3.63) is 24.9 Å². The van der Waals surface area contributed by atoms with Crippen LogP contribution in [-0.2, 0) is 4.79 Å². The van der Waals surface area contributed by atoms with E-state index in [4.69, 9.17) is 0 Å². The molecule has 0 aromatic carbocycles. The zero-order valence-electron chi connectivity index (χ0n) is 6.84. The van der Waals surface area contributed by atoms with Crippen LogP contribution in [0.5, 0.6) is 0 Å². The second kappa shape index (κ2) is 2.91. The van der Waals surface area contributed by atoms with E-state index in [9.17, 15) is 4.79 Å². The Labute approximate surface area is 67.2 Å². The highest BCUT2D eigenvalue weighted by molar-refractivity contribution is 5.83. The van der Waals surface area contributed by atoms with Gasteiger partial charge in [-0.2, -0.15) is 0 Å². The largest absolute Gasteiger partial charge is 0.317 e. The van der Waals surface area contributed by atoms with Crippen molar-refractivity contribution in [1.82, 2.24) is 4.90 Å². The summed E-state index contributed by atoms with van der Waals surface area (Å²) in [4.78, 5) is 13.1. The van der Waals surface area contributed by atoms with Crippen molar-refractivity contribution < 1.29 is 4.79 Å². The van der Waals surface area contributed by atoms with Gasteiger partial charge in [0, 0.05) is 12.2 Å². The SMILES string of the molecule is C=CC1CCN(C(=C)C)C1=O. The van der Waals surface area contributed by atoms with E-state index in [1.54, 1.807) is 11.0 Å². The van der Waals surface area contributed by atoms with Gasteiger partial charge in [-0.3, -0.25) is 4.79 Å². The first kappa shape index (κ1) is 8.05. The average molecular weight is 151 g/mol. The molecule has 11 heavy (non-hydrogen) atoms. The number of likely N-dealkylation sites (tertiary alicyclic amines) is 1. The van der Waals surface area contributed by atoms with Crippen LogP contribution >= 0.6 is 0 Å². The molecular weight excluding hydrogens is 138 g/mol. The van der Waals surface area contributed by atoms with Crippen LogP contribution in [0.2, 0.25) is 0 Å². The molecule has 1 atom stereocenters. The van der Waals surface area contributed by atoms with Crippen molar-refractivity contribution in [3.8, 4) is 0 Å². The van der Waals surface area contributed by atoms with Crippen molar-refractivity contribution in [1.29, 1.82) is 0 Å². The highest BCUT2D eigenvalue weighted by atomic mass is 16.2. The normalized spacial score (nSPS) is 23.9. The van der Waals surface area contributed by atoms with E-state index in [-0.39, 0.29) is 11.8 Å². The summed E-state index contributed by atoms with van der Waals surface area (Å²) in [5, 5.41) is 0. The fourth-order valence-electron chi connectivity index (χ4n) is 1.30. The Bertz CT molecular complexity index is 208. The molecule has 0 radical (unpaired) electrons. The summed E-state index contributed by atoms with van der Waals surface area (Å²) in [5.74, 6) is 0.166. The Morgan fingerprint density at radius 2 is 2.45 bits per heavy atom. The second-order valence-electron chi connectivity index (χ2n) is 2.86. The summed E-state index contributed by atoms with van der Waals surface area (Å²) in [5.41, 5.74) is 0.833. The molecular formula is C9H13NO. The molecule has 1 aliphatic rings. The van der Waals surface area contributed by atoms with Gasteiger partial charge in [0.2, 0.25) is 5.91 Å². The lowest BCUT2D eigenvalue weighted by Crippen LogP contribution is -2.24. The highest BCUT2D eigenvalue weighted by Crippen LogP contribution is 2.21. The Morgan fingerprint density at radius 1 is 1.82 bits per heavy atom. The summed E-state index contributed by atoms with van der Waals surface area (Å²) in [7, 11) is 0. The molecule has 2 heteroatoms. The lowest BCUT2D eigenvalue weighted by atomic mass is 10.1. The topological polar surface area (TPSA) is 20.3 Å². The maximum atomic E-state index is 11.4. The smallest absolute Gasteiger partial charge is 0.233 e. The quantitative estimate of drug-likeness (QED) is 0.548. The van der Waals surface area contributed by atoms with E-state index in [0.29, 0.717) is 0 Å². The third kappa shape index (κ3) is 1.34. The van der Waals surface area contributed by atoms with Crippen LogP contribution in [0.15, 0.2) is 24.9 Å². The number of rotatable bonds is 2. The Morgan fingerprint density at radius 3 is 2.73 bits per heavy atom. The summed E-state index contributed by atoms with van der Waals surface area (Å²) < 4.78 is 0. The maximum Gasteiger partial charge on any atom is 0.233 e. The zero-order chi connectivity index (χ0) is 8.43. The van der Waals surface area contributed by atoms with Crippen LogP contribution in [0.4, 0.5) is 0 Å². The Hall–Kier alpha value is -1.05. The molecule has 0 aliphatic carbocycles. The number of hydrogen-bond acceptors (Lipinski definition) is 1. The molecule has 0 bridgehead atoms. The molecule has 60 valence electrons. The van der Waals surface area contributed by atoms with Gasteiger partial charge in [0.1, 0.15) is 0 Å². The van der Waals surface area contributed by atoms with Gasteiger partial charge in [-0.05, 0) is 13.3 Å². The Kier molecular flexibility index (Phi) is 2.13. The molecule has 1 heterocycles. The number of carbonyl (C=O) groups is 1. The number of hydrogen-bond donors (Lipinski definition) is 0. The van der Waals surface area contributed by atoms with Gasteiger partial charge in [0.25, 0.3) is 0 Å². The molecule has 0 N–H and O–H groups in total. The van der Waals surface area contributed by atoms with Crippen LogP contribution in [-0.4, -0.2) is 17.4 Å². The van der Waals surface area contributed by atoms with E-state index in [1.165, 1.54) is 0 Å². The minimum Gasteiger partial charge on any atom is -0.317 e. The van der Waals surface area contributed by atoms with E-state index in [0.717, 1.165) is 18.7 Å². The second-order valence-corrected chi connectivity index (χ2v) is 2.86. The van der Waals surface area contributed by atoms with Crippen molar-refractivity contribution in [3.63, 3.8) is 0 Å². The molecule has 1 amide bonds. The van der Waals surface area contributed by atoms with E-state index < -0.39 is 0 Å². The monoisotopic (exact) mass is 151 g/mol. The summed E-state index contributed by atoms with van der Waals surface area (Å²) in [6, 6.07) is 0. The minimum atomic E-state index is 0.0201. The van der Waals surface area contributed by atoms with Gasteiger partial charge in [-0.1, -0.05) is 12.7 Å². The molecule has 0 aromatic heterocycles. The first-order valence-corrected chi connectivity index (χ1v) is 3.76. The predicted molar refractivity (Wildman–Crippen MR) is 44.8 cm³/mol. The third-order valence-electron chi connectivity index (χ3n) is 1.99. The predicted octanol–water partition coefficient (Wildman–Crippen LogP) is 1.55. The molecule has 1 unspecified atom stereocenters. The van der Waals surface area contributed by atoms with Crippen LogP contribution in [0.25, 0.3) is 0 Å². The molecule has 0 aromatic rings. The Balaban J connectivity index is 2.70. The lowest BCUT2D eigenvalue weighted by Gasteiger charge is -2.14. The first-order valence-electron chi connectivity index (χ1n) is 3.76. The van der Waals surface area contributed by atoms with Gasteiger partial charge in [-0.25, -0.2) is 0 Å². The highest BCUT2D eigenvalue weighted by Gasteiger charge is 2.29. The number of amides is 1. The van der Waals surface area contributed by atoms with E-state index in [2.05, 4.69) is 13.2 Å². The van der Waals surface area contributed by atoms with Crippen LogP contribution in [0.3, 0.4) is 0 Å². The van der Waals surface area contributed by atoms with E-state index >= 15 is 0 Å². The van der Waals surface area contributed by atoms with Crippen LogP contribution in [0.1, 0.15) is 13.3 Å². The van der Waals surface area contributed by atoms with Gasteiger partial charge in [0.05, 0.1) is 5.92 Å². The molecule has 1 aliphatic heterocycles. The molecule has 1 rings (SSSR count). The average Bonchev–Trinajstić information content (AvgIpc) is 2.30. The number of nitrogens with zero attached hydrogens (tertiary/aromatic N) is 1. The minimum absolute atomic E-state index is 0.0201. The van der Waals surface area contributed by atoms with Gasteiger partial charge >= 0.3 is 0 Å². The molecule has 1 fully saturated rings. The van der Waals surface area contributed by atoms with Crippen molar-refractivity contribution in [2.75, 3.05) is 6.54 Å². The van der Waals surface area contributed by atoms with Crippen molar-refractivity contribution in [2.45, 2.75) is 13.3 Å². The fraction of sp³-hybridized carbons (Fsp3) is 0.444. The van der Waals surface area contributed by atoms with E-state index in [1.807, 2.05) is 6.92 Å². The first-order chi connectivity index (χ1) is 5.16. The van der Waals surface area contributed by atoms with Crippen molar-refractivity contribution in [2.24, 2.45) is 5.92 Å². The maximum absolute atomic E-state index is 11.4. The van der Waals surface area contributed by atoms with Gasteiger partial charge in [-0.15, -0.1) is 6.58 Å². The molecule has 2 nitrogen and oxygen atoms in total. The van der Waals surface area contributed by atoms with Crippen LogP contribution < -0.4 is 0 Å². The van der Waals surface area contributed by atoms with Crippen LogP contribution in [0, 0.1) is 5.92 Å². The lowest BCUT2D eigenvalue weighted by molar-refractivity contribution is -0.128. The number of carbonyl (C=O) groups excluding carboxylic acids is 1. The van der Waals surface area contributed by atoms with Gasteiger partial charge < -0.3 is 4.90 Å². The summed E-state index contributed by atoms with van der Waals surface area (Å²) in [6.45, 7) is 9.98. The molecule has 0 saturated carbocycles. The fourth-order valence-corrected chi connectivity index (χ4v) is 1.30. The molecule has 0 spiro atoms. The third-order valence-corrected chi connectivity index (χ3v) is 1.99. The standard InChI is InChI=1S/C9H13NO/c1-4-8-5-6-10(7(2)3)9(8)11/h4,8H,1-2,5-6H2,3H3. The van der Waals surface area contributed by atoms with Gasteiger partial charge in [0.15, 0.2) is 0 Å². The van der Waals surface area contributed by atoms with Crippen molar-refractivity contribution >= 4 is 5.91 Å².